The molecule has 0 saturated carbocycles. The summed E-state index contributed by atoms with van der Waals surface area (Å²) in [6.45, 7) is -0.0513. The van der Waals surface area contributed by atoms with Crippen molar-refractivity contribution in [3.05, 3.63) is 54.6 Å². The van der Waals surface area contributed by atoms with Crippen molar-refractivity contribution in [3.63, 3.8) is 0 Å². The van der Waals surface area contributed by atoms with Crippen LogP contribution in [0.3, 0.4) is 0 Å². The van der Waals surface area contributed by atoms with Crippen LogP contribution in [0.4, 0.5) is 0 Å². The highest BCUT2D eigenvalue weighted by Crippen LogP contribution is 2.10. The van der Waals surface area contributed by atoms with Crippen LogP contribution < -0.4 is 0 Å². The molecule has 0 aromatic carbocycles. The van der Waals surface area contributed by atoms with E-state index in [1.54, 1.807) is 35.1 Å². The van der Waals surface area contributed by atoms with E-state index in [-0.39, 0.29) is 18.8 Å². The van der Waals surface area contributed by atoms with Gasteiger partial charge in [0.15, 0.2) is 5.65 Å². The van der Waals surface area contributed by atoms with Crippen LogP contribution in [0.1, 0.15) is 16.2 Å². The van der Waals surface area contributed by atoms with Crippen molar-refractivity contribution in [1.82, 2.24) is 19.3 Å². The van der Waals surface area contributed by atoms with E-state index in [0.717, 1.165) is 0 Å². The minimum Gasteiger partial charge on any atom is -0.468 e. The lowest BCUT2D eigenvalue weighted by atomic mass is 10.3. The van der Waals surface area contributed by atoms with Gasteiger partial charge in [0.25, 0.3) is 5.91 Å². The topological polar surface area (TPSA) is 89.9 Å². The summed E-state index contributed by atoms with van der Waals surface area (Å²) in [6, 6.07) is 3.44. The van der Waals surface area contributed by atoms with Crippen LogP contribution in [0.2, 0.25) is 0 Å². The van der Waals surface area contributed by atoms with Crippen molar-refractivity contribution in [3.8, 4) is 0 Å². The van der Waals surface area contributed by atoms with Crippen LogP contribution in [0.25, 0.3) is 5.65 Å². The van der Waals surface area contributed by atoms with Gasteiger partial charge in [-0.25, -0.2) is 9.97 Å². The number of hydrogen-bond donors (Lipinski definition) is 0. The van der Waals surface area contributed by atoms with Gasteiger partial charge in [-0.05, 0) is 12.1 Å². The monoisotopic (exact) mass is 314 g/mol. The second-order valence-corrected chi connectivity index (χ2v) is 4.78. The van der Waals surface area contributed by atoms with Crippen molar-refractivity contribution in [2.24, 2.45) is 0 Å². The Morgan fingerprint density at radius 1 is 1.39 bits per heavy atom. The standard InChI is InChI=1S/C15H14N4O4/c1-22-14(20)10-19(8-11-3-2-6-23-11)15(21)12-9-18-5-4-16-13(18)7-17-12/h2-7,9H,8,10H2,1H3. The highest BCUT2D eigenvalue weighted by Gasteiger charge is 2.22. The van der Waals surface area contributed by atoms with Crippen LogP contribution in [0.15, 0.2) is 47.6 Å². The second kappa shape index (κ2) is 6.30. The maximum absolute atomic E-state index is 12.7. The van der Waals surface area contributed by atoms with Gasteiger partial charge in [0.2, 0.25) is 0 Å². The number of methoxy groups -OCH3 is 1. The molecule has 118 valence electrons. The molecule has 1 amide bonds. The maximum Gasteiger partial charge on any atom is 0.325 e. The van der Waals surface area contributed by atoms with E-state index in [1.165, 1.54) is 24.5 Å². The Morgan fingerprint density at radius 3 is 3.00 bits per heavy atom. The molecule has 0 aliphatic heterocycles. The van der Waals surface area contributed by atoms with Crippen LogP contribution in [-0.2, 0) is 16.1 Å². The van der Waals surface area contributed by atoms with Crippen molar-refractivity contribution in [2.75, 3.05) is 13.7 Å². The van der Waals surface area contributed by atoms with Crippen molar-refractivity contribution >= 4 is 17.5 Å². The van der Waals surface area contributed by atoms with Gasteiger partial charge in [0, 0.05) is 18.6 Å². The first kappa shape index (κ1) is 14.8. The summed E-state index contributed by atoms with van der Waals surface area (Å²) < 4.78 is 11.6. The van der Waals surface area contributed by atoms with E-state index in [2.05, 4.69) is 14.7 Å². The summed E-state index contributed by atoms with van der Waals surface area (Å²) in [5.41, 5.74) is 0.832. The zero-order valence-electron chi connectivity index (χ0n) is 12.4. The second-order valence-electron chi connectivity index (χ2n) is 4.78. The Bertz CT molecular complexity index is 825. The lowest BCUT2D eigenvalue weighted by Gasteiger charge is -2.19. The molecule has 0 saturated heterocycles. The van der Waals surface area contributed by atoms with Crippen molar-refractivity contribution in [2.45, 2.75) is 6.54 Å². The Morgan fingerprint density at radius 2 is 2.26 bits per heavy atom. The molecule has 0 spiro atoms. The maximum atomic E-state index is 12.7. The molecule has 8 nitrogen and oxygen atoms in total. The van der Waals surface area contributed by atoms with E-state index in [9.17, 15) is 9.59 Å². The first-order valence-electron chi connectivity index (χ1n) is 6.84. The lowest BCUT2D eigenvalue weighted by Crippen LogP contribution is -2.36. The third kappa shape index (κ3) is 3.20. The summed E-state index contributed by atoms with van der Waals surface area (Å²) in [4.78, 5) is 33.7. The molecule has 0 atom stereocenters. The average molecular weight is 314 g/mol. The van der Waals surface area contributed by atoms with Crippen molar-refractivity contribution < 1.29 is 18.7 Å². The lowest BCUT2D eigenvalue weighted by molar-refractivity contribution is -0.141. The predicted octanol–water partition coefficient (Wildman–Crippen LogP) is 1.14. The zero-order chi connectivity index (χ0) is 16.2. The summed E-state index contributed by atoms with van der Waals surface area (Å²) in [5, 5.41) is 0. The molecule has 0 unspecified atom stereocenters. The van der Waals surface area contributed by atoms with E-state index in [0.29, 0.717) is 11.4 Å². The Labute approximate surface area is 131 Å². The molecular formula is C15H14N4O4. The molecule has 0 bridgehead atoms. The largest absolute Gasteiger partial charge is 0.468 e. The molecule has 0 aliphatic rings. The Kier molecular flexibility index (Phi) is 4.05. The molecule has 8 heteroatoms. The molecule has 0 fully saturated rings. The highest BCUT2D eigenvalue weighted by molar-refractivity contribution is 5.94. The number of ether oxygens (including phenoxy) is 1. The van der Waals surface area contributed by atoms with Crippen LogP contribution in [0.5, 0.6) is 0 Å². The number of esters is 1. The molecule has 3 heterocycles. The minimum absolute atomic E-state index is 0.143. The first-order valence-corrected chi connectivity index (χ1v) is 6.84. The number of fused-ring (bicyclic) bond motifs is 1. The molecule has 3 rings (SSSR count). The molecule has 23 heavy (non-hydrogen) atoms. The molecule has 3 aromatic rings. The number of amides is 1. The summed E-state index contributed by atoms with van der Waals surface area (Å²) in [5.74, 6) is -0.359. The van der Waals surface area contributed by atoms with Crippen molar-refractivity contribution in [1.29, 1.82) is 0 Å². The molecule has 0 radical (unpaired) electrons. The zero-order valence-corrected chi connectivity index (χ0v) is 12.4. The number of rotatable bonds is 5. The first-order chi connectivity index (χ1) is 11.2. The fourth-order valence-electron chi connectivity index (χ4n) is 2.11. The summed E-state index contributed by atoms with van der Waals surface area (Å²) >= 11 is 0. The van der Waals surface area contributed by atoms with Crippen LogP contribution in [-0.4, -0.2) is 44.8 Å². The van der Waals surface area contributed by atoms with Gasteiger partial charge in [-0.2, -0.15) is 0 Å². The SMILES string of the molecule is COC(=O)CN(Cc1ccco1)C(=O)c1cn2ccnc2cn1. The Balaban J connectivity index is 1.87. The molecular weight excluding hydrogens is 300 g/mol. The van der Waals surface area contributed by atoms with Gasteiger partial charge in [0.1, 0.15) is 18.0 Å². The predicted molar refractivity (Wildman–Crippen MR) is 78.5 cm³/mol. The quantitative estimate of drug-likeness (QED) is 0.656. The Hall–Kier alpha value is -3.16. The van der Waals surface area contributed by atoms with Gasteiger partial charge in [-0.1, -0.05) is 0 Å². The number of furan rings is 1. The van der Waals surface area contributed by atoms with E-state index >= 15 is 0 Å². The summed E-state index contributed by atoms with van der Waals surface area (Å²) in [6.07, 6.45) is 7.89. The number of aromatic nitrogens is 3. The van der Waals surface area contributed by atoms with E-state index in [4.69, 9.17) is 4.42 Å². The van der Waals surface area contributed by atoms with Crippen LogP contribution >= 0.6 is 0 Å². The smallest absolute Gasteiger partial charge is 0.325 e. The van der Waals surface area contributed by atoms with Gasteiger partial charge >= 0.3 is 5.97 Å². The van der Waals surface area contributed by atoms with Gasteiger partial charge < -0.3 is 18.5 Å². The third-order valence-corrected chi connectivity index (χ3v) is 3.26. The summed E-state index contributed by atoms with van der Waals surface area (Å²) in [7, 11) is 1.27. The minimum atomic E-state index is -0.520. The van der Waals surface area contributed by atoms with Gasteiger partial charge in [0.05, 0.1) is 26.1 Å². The third-order valence-electron chi connectivity index (χ3n) is 3.26. The van der Waals surface area contributed by atoms with Gasteiger partial charge in [-0.3, -0.25) is 9.59 Å². The number of nitrogens with zero attached hydrogens (tertiary/aromatic N) is 4. The fourth-order valence-corrected chi connectivity index (χ4v) is 2.11. The van der Waals surface area contributed by atoms with E-state index in [1.807, 2.05) is 0 Å². The highest BCUT2D eigenvalue weighted by atomic mass is 16.5. The molecule has 0 aliphatic carbocycles. The average Bonchev–Trinajstić information content (AvgIpc) is 3.23. The molecule has 3 aromatic heterocycles. The normalized spacial score (nSPS) is 10.7. The van der Waals surface area contributed by atoms with E-state index < -0.39 is 11.9 Å². The number of imidazole rings is 1. The number of hydrogen-bond acceptors (Lipinski definition) is 6. The fraction of sp³-hybridized carbons (Fsp3) is 0.200. The molecule has 0 N–H and O–H groups in total. The number of carbonyl (C=O) groups is 2. The van der Waals surface area contributed by atoms with Crippen LogP contribution in [0, 0.1) is 0 Å². The number of carbonyl (C=O) groups excluding carboxylic acids is 2. The van der Waals surface area contributed by atoms with Gasteiger partial charge in [-0.15, -0.1) is 0 Å².